The zero-order chi connectivity index (χ0) is 13.7. The molecule has 0 unspecified atom stereocenters. The summed E-state index contributed by atoms with van der Waals surface area (Å²) < 4.78 is 0. The van der Waals surface area contributed by atoms with Crippen molar-refractivity contribution in [2.45, 2.75) is 13.8 Å². The summed E-state index contributed by atoms with van der Waals surface area (Å²) in [5.74, 6) is 0. The van der Waals surface area contributed by atoms with Gasteiger partial charge in [-0.2, -0.15) is 10.5 Å². The van der Waals surface area contributed by atoms with Crippen LogP contribution >= 0.6 is 0 Å². The molecule has 0 fully saturated rings. The average molecular weight is 243 g/mol. The van der Waals surface area contributed by atoms with Crippen LogP contribution in [0.2, 0.25) is 0 Å². The van der Waals surface area contributed by atoms with Crippen LogP contribution in [0.4, 0.5) is 0 Å². The van der Waals surface area contributed by atoms with Gasteiger partial charge in [-0.15, -0.1) is 0 Å². The monoisotopic (exact) mass is 243 g/mol. The van der Waals surface area contributed by atoms with Gasteiger partial charge in [-0.3, -0.25) is 0 Å². The number of likely N-dealkylation sites (N-methyl/N-ethyl adjacent to an activating group) is 1. The Bertz CT molecular complexity index is 457. The van der Waals surface area contributed by atoms with Crippen LogP contribution in [0.5, 0.6) is 0 Å². The van der Waals surface area contributed by atoms with Gasteiger partial charge in [-0.05, 0) is 26.0 Å². The van der Waals surface area contributed by atoms with Crippen LogP contribution in [-0.2, 0) is 0 Å². The number of allylic oxidation sites excluding steroid dienone is 6. The largest absolute Gasteiger partial charge is 0.344 e. The van der Waals surface area contributed by atoms with E-state index in [1.807, 2.05) is 38.1 Å². The van der Waals surface area contributed by atoms with Crippen molar-refractivity contribution >= 4 is 0 Å². The molecule has 1 aliphatic rings. The lowest BCUT2D eigenvalue weighted by molar-refractivity contribution is -0.857. The fourth-order valence-electron chi connectivity index (χ4n) is 1.91. The number of nitrogens with zero attached hydrogens (tertiary/aromatic N) is 3. The molecule has 0 aliphatic carbocycles. The molecule has 4 nitrogen and oxygen atoms in total. The molecular formula is C14H19N4+. The molecule has 4 heteroatoms. The second-order valence-corrected chi connectivity index (χ2v) is 4.73. The van der Waals surface area contributed by atoms with Gasteiger partial charge in [0.15, 0.2) is 0 Å². The highest BCUT2D eigenvalue weighted by molar-refractivity contribution is 5.53. The predicted octanol–water partition coefficient (Wildman–Crippen LogP) is 0.598. The number of quaternary nitrogens is 1. The molecule has 0 saturated carbocycles. The number of nitrogens with one attached hydrogen (secondary N) is 1. The Kier molecular flexibility index (Phi) is 4.71. The van der Waals surface area contributed by atoms with Gasteiger partial charge < -0.3 is 9.80 Å². The highest BCUT2D eigenvalue weighted by atomic mass is 15.2. The maximum absolute atomic E-state index is 8.89. The van der Waals surface area contributed by atoms with Crippen molar-refractivity contribution in [2.24, 2.45) is 0 Å². The van der Waals surface area contributed by atoms with E-state index in [1.54, 1.807) is 0 Å². The quantitative estimate of drug-likeness (QED) is 0.738. The van der Waals surface area contributed by atoms with E-state index < -0.39 is 0 Å². The second kappa shape index (κ2) is 6.05. The molecule has 0 aromatic carbocycles. The summed E-state index contributed by atoms with van der Waals surface area (Å²) in [6.45, 7) is 6.00. The molecular weight excluding hydrogens is 224 g/mol. The zero-order valence-electron chi connectivity index (χ0n) is 11.4. The minimum atomic E-state index is 0.173. The summed E-state index contributed by atoms with van der Waals surface area (Å²) in [5, 5.41) is 17.8. The van der Waals surface area contributed by atoms with Crippen LogP contribution < -0.4 is 4.90 Å². The van der Waals surface area contributed by atoms with Gasteiger partial charge >= 0.3 is 0 Å². The molecule has 0 spiro atoms. The summed E-state index contributed by atoms with van der Waals surface area (Å²) in [4.78, 5) is 3.61. The van der Waals surface area contributed by atoms with Gasteiger partial charge in [0.1, 0.15) is 17.7 Å². The van der Waals surface area contributed by atoms with Gasteiger partial charge in [0.2, 0.25) is 0 Å². The van der Waals surface area contributed by atoms with E-state index in [0.717, 1.165) is 24.5 Å². The Labute approximate surface area is 109 Å². The van der Waals surface area contributed by atoms with Crippen LogP contribution in [0.15, 0.2) is 34.7 Å². The topological polar surface area (TPSA) is 55.3 Å². The fourth-order valence-corrected chi connectivity index (χ4v) is 1.91. The van der Waals surface area contributed by atoms with Crippen molar-refractivity contribution in [1.29, 1.82) is 10.5 Å². The summed E-state index contributed by atoms with van der Waals surface area (Å²) in [6, 6.07) is 3.87. The van der Waals surface area contributed by atoms with Gasteiger partial charge in [0.05, 0.1) is 27.2 Å². The number of rotatable bonds is 3. The molecule has 1 aliphatic heterocycles. The first-order chi connectivity index (χ1) is 8.49. The standard InChI is InChI=1S/C14H18N4/c1-11-7-13(14(9-15)10-16)8-12(2)18(11)6-5-17(3)4/h7-8H,5-6H2,1-4H3/p+1. The lowest BCUT2D eigenvalue weighted by Gasteiger charge is -2.29. The van der Waals surface area contributed by atoms with Crippen molar-refractivity contribution in [3.8, 4) is 12.1 Å². The first-order valence-corrected chi connectivity index (χ1v) is 5.97. The SMILES string of the molecule is CC1=CC(=C(C#N)C#N)C=C(C)N1CC[NH+](C)C. The Morgan fingerprint density at radius 1 is 1.17 bits per heavy atom. The van der Waals surface area contributed by atoms with Crippen LogP contribution in [0.3, 0.4) is 0 Å². The molecule has 0 bridgehead atoms. The van der Waals surface area contributed by atoms with Gasteiger partial charge in [0.25, 0.3) is 0 Å². The number of hydrogen-bond acceptors (Lipinski definition) is 3. The molecule has 0 aromatic heterocycles. The van der Waals surface area contributed by atoms with Crippen molar-refractivity contribution in [3.63, 3.8) is 0 Å². The number of nitriles is 2. The smallest absolute Gasteiger partial charge is 0.137 e. The van der Waals surface area contributed by atoms with Crippen molar-refractivity contribution in [1.82, 2.24) is 4.90 Å². The van der Waals surface area contributed by atoms with Gasteiger partial charge in [0, 0.05) is 17.0 Å². The molecule has 0 atom stereocenters. The maximum atomic E-state index is 8.89. The lowest BCUT2D eigenvalue weighted by atomic mass is 10.0. The van der Waals surface area contributed by atoms with Crippen molar-refractivity contribution in [3.05, 3.63) is 34.7 Å². The summed E-state index contributed by atoms with van der Waals surface area (Å²) in [7, 11) is 4.24. The first-order valence-electron chi connectivity index (χ1n) is 5.97. The Morgan fingerprint density at radius 2 is 1.67 bits per heavy atom. The highest BCUT2D eigenvalue weighted by Crippen LogP contribution is 2.23. The molecule has 0 aromatic rings. The third-order valence-corrected chi connectivity index (χ3v) is 2.93. The van der Waals surface area contributed by atoms with E-state index in [2.05, 4.69) is 19.0 Å². The van der Waals surface area contributed by atoms with Gasteiger partial charge in [-0.25, -0.2) is 0 Å². The normalized spacial score (nSPS) is 14.8. The molecule has 18 heavy (non-hydrogen) atoms. The number of hydrogen-bond donors (Lipinski definition) is 1. The molecule has 0 saturated heterocycles. The van der Waals surface area contributed by atoms with Crippen molar-refractivity contribution < 1.29 is 4.90 Å². The summed E-state index contributed by atoms with van der Waals surface area (Å²) >= 11 is 0. The van der Waals surface area contributed by atoms with Crippen molar-refractivity contribution in [2.75, 3.05) is 27.2 Å². The Morgan fingerprint density at radius 3 is 2.06 bits per heavy atom. The maximum Gasteiger partial charge on any atom is 0.137 e. The third kappa shape index (κ3) is 3.23. The van der Waals surface area contributed by atoms with Crippen LogP contribution in [-0.4, -0.2) is 32.1 Å². The lowest BCUT2D eigenvalue weighted by Crippen LogP contribution is -3.06. The van der Waals surface area contributed by atoms with Crippen LogP contribution in [0, 0.1) is 22.7 Å². The molecule has 0 amide bonds. The molecule has 1 heterocycles. The molecule has 94 valence electrons. The molecule has 0 radical (unpaired) electrons. The zero-order valence-corrected chi connectivity index (χ0v) is 11.4. The van der Waals surface area contributed by atoms with E-state index in [1.165, 1.54) is 4.90 Å². The van der Waals surface area contributed by atoms with E-state index >= 15 is 0 Å². The first kappa shape index (κ1) is 14.0. The third-order valence-electron chi connectivity index (χ3n) is 2.93. The molecule has 1 N–H and O–H groups in total. The average Bonchev–Trinajstić information content (AvgIpc) is 2.29. The Balaban J connectivity index is 2.99. The van der Waals surface area contributed by atoms with E-state index in [-0.39, 0.29) is 5.57 Å². The Hall–Kier alpha value is -2.04. The summed E-state index contributed by atoms with van der Waals surface area (Å²) in [5.41, 5.74) is 3.04. The fraction of sp³-hybridized carbons (Fsp3) is 0.429. The van der Waals surface area contributed by atoms with E-state index in [9.17, 15) is 0 Å². The van der Waals surface area contributed by atoms with E-state index in [0.29, 0.717) is 5.57 Å². The van der Waals surface area contributed by atoms with Gasteiger partial charge in [-0.1, -0.05) is 0 Å². The highest BCUT2D eigenvalue weighted by Gasteiger charge is 2.16. The minimum Gasteiger partial charge on any atom is -0.344 e. The molecule has 1 rings (SSSR count). The van der Waals surface area contributed by atoms with Crippen LogP contribution in [0.1, 0.15) is 13.8 Å². The van der Waals surface area contributed by atoms with Crippen LogP contribution in [0.25, 0.3) is 0 Å². The minimum absolute atomic E-state index is 0.173. The summed E-state index contributed by atoms with van der Waals surface area (Å²) in [6.07, 6.45) is 3.81. The predicted molar refractivity (Wildman–Crippen MR) is 70.1 cm³/mol. The second-order valence-electron chi connectivity index (χ2n) is 4.73. The van der Waals surface area contributed by atoms with E-state index in [4.69, 9.17) is 10.5 Å².